The number of nitrogens with two attached hydrogens (primary N) is 1. The molecule has 0 aromatic heterocycles. The van der Waals surface area contributed by atoms with Crippen LogP contribution in [-0.4, -0.2) is 26.0 Å². The van der Waals surface area contributed by atoms with Crippen LogP contribution in [0.25, 0.3) is 0 Å². The molecule has 0 heterocycles. The molecule has 1 aromatic rings. The summed E-state index contributed by atoms with van der Waals surface area (Å²) in [6, 6.07) is 4.84. The number of carbonyl (C=O) groups excluding carboxylic acids is 1. The van der Waals surface area contributed by atoms with E-state index in [-0.39, 0.29) is 11.8 Å². The van der Waals surface area contributed by atoms with Crippen LogP contribution in [0.3, 0.4) is 0 Å². The standard InChI is InChI=1S/C11H16N2O2/c1-7(13-2)11(14)8-4-5-10(15-3)9(12)6-8/h4-7,13H,12H2,1-3H3. The van der Waals surface area contributed by atoms with E-state index in [4.69, 9.17) is 10.5 Å². The summed E-state index contributed by atoms with van der Waals surface area (Å²) in [5, 5.41) is 2.89. The Labute approximate surface area is 89.4 Å². The first-order valence-corrected chi connectivity index (χ1v) is 4.75. The lowest BCUT2D eigenvalue weighted by Gasteiger charge is -2.10. The second-order valence-electron chi connectivity index (χ2n) is 3.33. The molecule has 0 saturated carbocycles. The van der Waals surface area contributed by atoms with Crippen molar-refractivity contribution in [3.63, 3.8) is 0 Å². The van der Waals surface area contributed by atoms with E-state index in [1.54, 1.807) is 32.4 Å². The highest BCUT2D eigenvalue weighted by Gasteiger charge is 2.14. The van der Waals surface area contributed by atoms with Crippen LogP contribution in [-0.2, 0) is 0 Å². The van der Waals surface area contributed by atoms with Crippen LogP contribution >= 0.6 is 0 Å². The van der Waals surface area contributed by atoms with Gasteiger partial charge in [0, 0.05) is 5.56 Å². The van der Waals surface area contributed by atoms with Gasteiger partial charge in [-0.25, -0.2) is 0 Å². The second-order valence-corrected chi connectivity index (χ2v) is 3.33. The average Bonchev–Trinajstić information content (AvgIpc) is 2.26. The smallest absolute Gasteiger partial charge is 0.179 e. The molecule has 0 bridgehead atoms. The molecule has 1 unspecified atom stereocenters. The molecule has 1 aromatic carbocycles. The molecule has 4 heteroatoms. The number of nitrogens with one attached hydrogen (secondary N) is 1. The molecular weight excluding hydrogens is 192 g/mol. The average molecular weight is 208 g/mol. The summed E-state index contributed by atoms with van der Waals surface area (Å²) in [7, 11) is 3.29. The Morgan fingerprint density at radius 3 is 2.67 bits per heavy atom. The van der Waals surface area contributed by atoms with E-state index >= 15 is 0 Å². The molecular formula is C11H16N2O2. The Morgan fingerprint density at radius 1 is 1.53 bits per heavy atom. The maximum absolute atomic E-state index is 11.8. The van der Waals surface area contributed by atoms with E-state index in [1.807, 2.05) is 6.92 Å². The zero-order chi connectivity index (χ0) is 11.4. The van der Waals surface area contributed by atoms with Gasteiger partial charge in [0.15, 0.2) is 5.78 Å². The molecule has 1 rings (SSSR count). The third-order valence-corrected chi connectivity index (χ3v) is 2.34. The number of rotatable bonds is 4. The van der Waals surface area contributed by atoms with Crippen LogP contribution in [0.2, 0.25) is 0 Å². The minimum Gasteiger partial charge on any atom is -0.495 e. The first-order chi connectivity index (χ1) is 7.10. The maximum Gasteiger partial charge on any atom is 0.179 e. The van der Waals surface area contributed by atoms with Gasteiger partial charge in [0.1, 0.15) is 5.75 Å². The van der Waals surface area contributed by atoms with Crippen molar-refractivity contribution < 1.29 is 9.53 Å². The van der Waals surface area contributed by atoms with Gasteiger partial charge in [0.2, 0.25) is 0 Å². The molecule has 0 saturated heterocycles. The molecule has 0 aliphatic carbocycles. The Bertz CT molecular complexity index is 364. The molecule has 4 nitrogen and oxygen atoms in total. The molecule has 82 valence electrons. The highest BCUT2D eigenvalue weighted by Crippen LogP contribution is 2.22. The van der Waals surface area contributed by atoms with Crippen molar-refractivity contribution in [3.05, 3.63) is 23.8 Å². The number of methoxy groups -OCH3 is 1. The van der Waals surface area contributed by atoms with Crippen molar-refractivity contribution in [2.75, 3.05) is 19.9 Å². The van der Waals surface area contributed by atoms with E-state index in [2.05, 4.69) is 5.32 Å². The number of ketones is 1. The van der Waals surface area contributed by atoms with Crippen LogP contribution in [0.1, 0.15) is 17.3 Å². The number of hydrogen-bond acceptors (Lipinski definition) is 4. The van der Waals surface area contributed by atoms with E-state index < -0.39 is 0 Å². The van der Waals surface area contributed by atoms with Crippen molar-refractivity contribution in [2.45, 2.75) is 13.0 Å². The summed E-state index contributed by atoms with van der Waals surface area (Å²) in [5.41, 5.74) is 6.78. The lowest BCUT2D eigenvalue weighted by molar-refractivity contribution is 0.0955. The van der Waals surface area contributed by atoms with Crippen molar-refractivity contribution in [1.29, 1.82) is 0 Å². The molecule has 0 radical (unpaired) electrons. The molecule has 15 heavy (non-hydrogen) atoms. The SMILES string of the molecule is CNC(C)C(=O)c1ccc(OC)c(N)c1. The van der Waals surface area contributed by atoms with Crippen molar-refractivity contribution >= 4 is 11.5 Å². The summed E-state index contributed by atoms with van der Waals surface area (Å²) in [6.45, 7) is 1.81. The van der Waals surface area contributed by atoms with Gasteiger partial charge in [-0.05, 0) is 32.2 Å². The third-order valence-electron chi connectivity index (χ3n) is 2.34. The van der Waals surface area contributed by atoms with Crippen LogP contribution in [0, 0.1) is 0 Å². The molecule has 1 atom stereocenters. The minimum atomic E-state index is -0.210. The number of carbonyl (C=O) groups is 1. The van der Waals surface area contributed by atoms with E-state index in [0.29, 0.717) is 17.0 Å². The van der Waals surface area contributed by atoms with Crippen LogP contribution in [0.5, 0.6) is 5.75 Å². The number of ether oxygens (including phenoxy) is 1. The number of likely N-dealkylation sites (N-methyl/N-ethyl adjacent to an activating group) is 1. The van der Waals surface area contributed by atoms with Gasteiger partial charge in [-0.3, -0.25) is 4.79 Å². The number of benzene rings is 1. The van der Waals surface area contributed by atoms with Gasteiger partial charge in [-0.2, -0.15) is 0 Å². The Balaban J connectivity index is 2.97. The van der Waals surface area contributed by atoms with Gasteiger partial charge < -0.3 is 15.8 Å². The maximum atomic E-state index is 11.8. The fourth-order valence-corrected chi connectivity index (χ4v) is 1.27. The van der Waals surface area contributed by atoms with Crippen molar-refractivity contribution in [2.24, 2.45) is 0 Å². The number of hydrogen-bond donors (Lipinski definition) is 2. The summed E-state index contributed by atoms with van der Waals surface area (Å²) in [4.78, 5) is 11.8. The highest BCUT2D eigenvalue weighted by atomic mass is 16.5. The van der Waals surface area contributed by atoms with Crippen molar-refractivity contribution in [3.8, 4) is 5.75 Å². The number of Topliss-reactive ketones (excluding diaryl/α,β-unsaturated/α-hetero) is 1. The number of anilines is 1. The predicted molar refractivity (Wildman–Crippen MR) is 60.3 cm³/mol. The van der Waals surface area contributed by atoms with Crippen molar-refractivity contribution in [1.82, 2.24) is 5.32 Å². The molecule has 0 spiro atoms. The van der Waals surface area contributed by atoms with E-state index in [1.165, 1.54) is 0 Å². The van der Waals surface area contributed by atoms with Crippen LogP contribution in [0.15, 0.2) is 18.2 Å². The van der Waals surface area contributed by atoms with Gasteiger partial charge in [0.25, 0.3) is 0 Å². The summed E-state index contributed by atoms with van der Waals surface area (Å²) in [6.07, 6.45) is 0. The lowest BCUT2D eigenvalue weighted by Crippen LogP contribution is -2.30. The predicted octanol–water partition coefficient (Wildman–Crippen LogP) is 1.07. The Kier molecular flexibility index (Phi) is 3.68. The molecule has 3 N–H and O–H groups in total. The van der Waals surface area contributed by atoms with E-state index in [0.717, 1.165) is 0 Å². The number of nitrogen functional groups attached to an aromatic ring is 1. The lowest BCUT2D eigenvalue weighted by atomic mass is 10.0. The van der Waals surface area contributed by atoms with Gasteiger partial charge in [-0.1, -0.05) is 0 Å². The van der Waals surface area contributed by atoms with Crippen LogP contribution in [0.4, 0.5) is 5.69 Å². The largest absolute Gasteiger partial charge is 0.495 e. The van der Waals surface area contributed by atoms with Gasteiger partial charge in [0.05, 0.1) is 18.8 Å². The summed E-state index contributed by atoms with van der Waals surface area (Å²) < 4.78 is 5.01. The third kappa shape index (κ3) is 2.47. The molecule has 0 aliphatic rings. The fraction of sp³-hybridized carbons (Fsp3) is 0.364. The zero-order valence-electron chi connectivity index (χ0n) is 9.20. The summed E-state index contributed by atoms with van der Waals surface area (Å²) >= 11 is 0. The minimum absolute atomic E-state index is 0.0202. The zero-order valence-corrected chi connectivity index (χ0v) is 9.20. The first kappa shape index (κ1) is 11.5. The Morgan fingerprint density at radius 2 is 2.20 bits per heavy atom. The van der Waals surface area contributed by atoms with Gasteiger partial charge >= 0.3 is 0 Å². The fourth-order valence-electron chi connectivity index (χ4n) is 1.27. The normalized spacial score (nSPS) is 12.2. The molecule has 0 fully saturated rings. The Hall–Kier alpha value is -1.55. The van der Waals surface area contributed by atoms with Gasteiger partial charge in [-0.15, -0.1) is 0 Å². The van der Waals surface area contributed by atoms with E-state index in [9.17, 15) is 4.79 Å². The molecule has 0 aliphatic heterocycles. The summed E-state index contributed by atoms with van der Waals surface area (Å²) in [5.74, 6) is 0.607. The topological polar surface area (TPSA) is 64.3 Å². The van der Waals surface area contributed by atoms with Crippen LogP contribution < -0.4 is 15.8 Å². The quantitative estimate of drug-likeness (QED) is 0.574. The first-order valence-electron chi connectivity index (χ1n) is 4.75. The second kappa shape index (κ2) is 4.79. The highest BCUT2D eigenvalue weighted by molar-refractivity contribution is 6.00. The monoisotopic (exact) mass is 208 g/mol. The molecule has 0 amide bonds.